The van der Waals surface area contributed by atoms with Gasteiger partial charge < -0.3 is 4.74 Å². The highest BCUT2D eigenvalue weighted by molar-refractivity contribution is 7.85. The van der Waals surface area contributed by atoms with E-state index in [1.165, 1.54) is 4.90 Å². The van der Waals surface area contributed by atoms with Crippen LogP contribution in [0.4, 0.5) is 10.5 Å². The summed E-state index contributed by atoms with van der Waals surface area (Å²) in [5.74, 6) is 0. The van der Waals surface area contributed by atoms with Crippen LogP contribution in [0.15, 0.2) is 24.3 Å². The summed E-state index contributed by atoms with van der Waals surface area (Å²) in [6.45, 7) is 7.67. The topological polar surface area (TPSA) is 72.9 Å². The molecule has 0 fully saturated rings. The lowest BCUT2D eigenvalue weighted by atomic mass is 10.2. The molecule has 0 aromatic heterocycles. The Bertz CT molecular complexity index is 617. The molecule has 0 N–H and O–H groups in total. The fourth-order valence-electron chi connectivity index (χ4n) is 1.80. The number of hydrogen-bond acceptors (Lipinski definition) is 5. The summed E-state index contributed by atoms with van der Waals surface area (Å²) in [7, 11) is -3.48. The highest BCUT2D eigenvalue weighted by Gasteiger charge is 2.23. The molecule has 1 aromatic carbocycles. The number of rotatable bonds is 6. The molecule has 1 rings (SSSR count). The smallest absolute Gasteiger partial charge is 0.414 e. The third-order valence-electron chi connectivity index (χ3n) is 2.78. The Morgan fingerprint density at radius 3 is 2.22 bits per heavy atom. The molecule has 6 nitrogen and oxygen atoms in total. The molecule has 0 bridgehead atoms. The molecule has 23 heavy (non-hydrogen) atoms. The lowest BCUT2D eigenvalue weighted by Gasteiger charge is -2.27. The molecule has 0 atom stereocenters. The van der Waals surface area contributed by atoms with Crippen molar-refractivity contribution in [3.63, 3.8) is 0 Å². The Hall–Kier alpha value is -1.60. The first-order valence-electron chi connectivity index (χ1n) is 7.39. The highest BCUT2D eigenvalue weighted by atomic mass is 32.2. The molecule has 0 heterocycles. The number of benzene rings is 1. The molecule has 7 heteroatoms. The number of anilines is 1. The molecule has 1 aromatic rings. The molecule has 0 spiro atoms. The Kier molecular flexibility index (Phi) is 6.58. The Labute approximate surface area is 138 Å². The fourth-order valence-corrected chi connectivity index (χ4v) is 2.22. The van der Waals surface area contributed by atoms with Crippen LogP contribution in [0.25, 0.3) is 0 Å². The average molecular weight is 343 g/mol. The van der Waals surface area contributed by atoms with E-state index in [9.17, 15) is 13.2 Å². The van der Waals surface area contributed by atoms with Gasteiger partial charge in [-0.1, -0.05) is 17.7 Å². The predicted octanol–water partition coefficient (Wildman–Crippen LogP) is 3.10. The number of nitrogens with zero attached hydrogens (tertiary/aromatic N) is 1. The number of aryl methyl sites for hydroxylation is 1. The summed E-state index contributed by atoms with van der Waals surface area (Å²) in [6.07, 6.45) is 0.902. The van der Waals surface area contributed by atoms with E-state index in [2.05, 4.69) is 0 Å². The van der Waals surface area contributed by atoms with E-state index in [1.807, 2.05) is 31.2 Å². The van der Waals surface area contributed by atoms with E-state index in [1.54, 1.807) is 20.8 Å². The second-order valence-electron chi connectivity index (χ2n) is 6.35. The number of amides is 1. The Balaban J connectivity index is 2.80. The molecule has 0 saturated heterocycles. The van der Waals surface area contributed by atoms with Crippen LogP contribution >= 0.6 is 0 Å². The first kappa shape index (κ1) is 19.4. The van der Waals surface area contributed by atoms with Gasteiger partial charge in [-0.2, -0.15) is 8.42 Å². The van der Waals surface area contributed by atoms with Crippen molar-refractivity contribution in [1.82, 2.24) is 0 Å². The maximum atomic E-state index is 12.4. The Morgan fingerprint density at radius 1 is 1.17 bits per heavy atom. The van der Waals surface area contributed by atoms with E-state index in [0.717, 1.165) is 11.8 Å². The molecule has 0 saturated carbocycles. The molecule has 0 radical (unpaired) electrons. The minimum Gasteiger partial charge on any atom is -0.443 e. The number of ether oxygens (including phenoxy) is 1. The third-order valence-corrected chi connectivity index (χ3v) is 3.38. The largest absolute Gasteiger partial charge is 0.443 e. The van der Waals surface area contributed by atoms with Gasteiger partial charge >= 0.3 is 6.09 Å². The lowest BCUT2D eigenvalue weighted by molar-refractivity contribution is 0.0579. The van der Waals surface area contributed by atoms with Gasteiger partial charge in [-0.3, -0.25) is 9.08 Å². The van der Waals surface area contributed by atoms with Crippen LogP contribution in [0.1, 0.15) is 32.8 Å². The van der Waals surface area contributed by atoms with Crippen molar-refractivity contribution in [2.45, 2.75) is 39.7 Å². The SMILES string of the molecule is Cc1ccc(N(CCCOS(C)(=O)=O)C(=O)OC(C)(C)C)cc1. The summed E-state index contributed by atoms with van der Waals surface area (Å²) in [5.41, 5.74) is 1.17. The van der Waals surface area contributed by atoms with Crippen LogP contribution in [0, 0.1) is 6.92 Å². The van der Waals surface area contributed by atoms with Crippen LogP contribution < -0.4 is 4.90 Å². The van der Waals surface area contributed by atoms with Crippen molar-refractivity contribution < 1.29 is 22.1 Å². The predicted molar refractivity (Wildman–Crippen MR) is 90.2 cm³/mol. The van der Waals surface area contributed by atoms with Crippen molar-refractivity contribution in [1.29, 1.82) is 0 Å². The van der Waals surface area contributed by atoms with Crippen molar-refractivity contribution in [2.75, 3.05) is 24.3 Å². The average Bonchev–Trinajstić information content (AvgIpc) is 2.37. The fraction of sp³-hybridized carbons (Fsp3) is 0.562. The van der Waals surface area contributed by atoms with Crippen LogP contribution in [-0.2, 0) is 19.0 Å². The zero-order chi connectivity index (χ0) is 17.7. The first-order valence-corrected chi connectivity index (χ1v) is 9.21. The second kappa shape index (κ2) is 7.79. The maximum Gasteiger partial charge on any atom is 0.414 e. The van der Waals surface area contributed by atoms with E-state index in [4.69, 9.17) is 8.92 Å². The van der Waals surface area contributed by atoms with Gasteiger partial charge in [0.15, 0.2) is 0 Å². The van der Waals surface area contributed by atoms with Crippen molar-refractivity contribution in [3.05, 3.63) is 29.8 Å². The molecule has 0 aliphatic heterocycles. The maximum absolute atomic E-state index is 12.4. The quantitative estimate of drug-likeness (QED) is 0.586. The van der Waals surface area contributed by atoms with Gasteiger partial charge in [0, 0.05) is 12.2 Å². The van der Waals surface area contributed by atoms with Crippen LogP contribution in [0.2, 0.25) is 0 Å². The standard InChI is InChI=1S/C16H25NO5S/c1-13-7-9-14(10-8-13)17(15(18)22-16(2,3)4)11-6-12-21-23(5,19)20/h7-10H,6,11-12H2,1-5H3. The zero-order valence-corrected chi connectivity index (χ0v) is 15.1. The molecule has 0 aliphatic rings. The van der Waals surface area contributed by atoms with Gasteiger partial charge in [0.2, 0.25) is 0 Å². The van der Waals surface area contributed by atoms with Gasteiger partial charge in [0.1, 0.15) is 5.60 Å². The first-order chi connectivity index (χ1) is 10.5. The minimum absolute atomic E-state index is 0.0178. The third kappa shape index (κ3) is 7.99. The lowest BCUT2D eigenvalue weighted by Crippen LogP contribution is -2.38. The minimum atomic E-state index is -3.48. The number of hydrogen-bond donors (Lipinski definition) is 0. The zero-order valence-electron chi connectivity index (χ0n) is 14.3. The van der Waals surface area contributed by atoms with E-state index >= 15 is 0 Å². The summed E-state index contributed by atoms with van der Waals surface area (Å²) in [5, 5.41) is 0. The van der Waals surface area contributed by atoms with E-state index < -0.39 is 21.8 Å². The van der Waals surface area contributed by atoms with Crippen molar-refractivity contribution in [2.24, 2.45) is 0 Å². The summed E-state index contributed by atoms with van der Waals surface area (Å²) in [4.78, 5) is 13.9. The van der Waals surface area contributed by atoms with Crippen molar-refractivity contribution >= 4 is 21.9 Å². The van der Waals surface area contributed by atoms with Gasteiger partial charge in [-0.15, -0.1) is 0 Å². The van der Waals surface area contributed by atoms with Crippen LogP contribution in [0.3, 0.4) is 0 Å². The summed E-state index contributed by atoms with van der Waals surface area (Å²) in [6, 6.07) is 7.47. The summed E-state index contributed by atoms with van der Waals surface area (Å²) < 4.78 is 32.1. The molecular weight excluding hydrogens is 318 g/mol. The normalized spacial score (nSPS) is 12.0. The van der Waals surface area contributed by atoms with Crippen LogP contribution in [-0.4, -0.2) is 39.5 Å². The Morgan fingerprint density at radius 2 is 1.74 bits per heavy atom. The van der Waals surface area contributed by atoms with E-state index in [0.29, 0.717) is 18.7 Å². The molecule has 130 valence electrons. The molecule has 1 amide bonds. The van der Waals surface area contributed by atoms with Gasteiger partial charge in [0.05, 0.1) is 12.9 Å². The molecular formula is C16H25NO5S. The monoisotopic (exact) mass is 343 g/mol. The molecule has 0 aliphatic carbocycles. The van der Waals surface area contributed by atoms with Crippen molar-refractivity contribution in [3.8, 4) is 0 Å². The van der Waals surface area contributed by atoms with Crippen LogP contribution in [0.5, 0.6) is 0 Å². The highest BCUT2D eigenvalue weighted by Crippen LogP contribution is 2.19. The molecule has 0 unspecified atom stereocenters. The van der Waals surface area contributed by atoms with E-state index in [-0.39, 0.29) is 6.61 Å². The number of carbonyl (C=O) groups is 1. The van der Waals surface area contributed by atoms with Gasteiger partial charge in [0.25, 0.3) is 10.1 Å². The second-order valence-corrected chi connectivity index (χ2v) is 7.99. The van der Waals surface area contributed by atoms with Gasteiger partial charge in [-0.25, -0.2) is 4.79 Å². The number of carbonyl (C=O) groups excluding carboxylic acids is 1. The van der Waals surface area contributed by atoms with Gasteiger partial charge in [-0.05, 0) is 46.2 Å². The summed E-state index contributed by atoms with van der Waals surface area (Å²) >= 11 is 0.